The van der Waals surface area contributed by atoms with Gasteiger partial charge < -0.3 is 9.64 Å². The van der Waals surface area contributed by atoms with E-state index in [1.54, 1.807) is 24.0 Å². The molecule has 1 aromatic carbocycles. The fraction of sp³-hybridized carbons (Fsp3) is 0.417. The summed E-state index contributed by atoms with van der Waals surface area (Å²) in [5.74, 6) is 0.753. The lowest BCUT2D eigenvalue weighted by Gasteiger charge is -2.34. The van der Waals surface area contributed by atoms with E-state index < -0.39 is 0 Å². The lowest BCUT2D eigenvalue weighted by Crippen LogP contribution is -2.42. The maximum Gasteiger partial charge on any atom is 0.224 e. The van der Waals surface area contributed by atoms with Gasteiger partial charge in [-0.1, -0.05) is 18.5 Å². The molecule has 1 aliphatic heterocycles. The first-order valence-electron chi connectivity index (χ1n) is 5.36. The van der Waals surface area contributed by atoms with Crippen LogP contribution in [0.2, 0.25) is 5.02 Å². The van der Waals surface area contributed by atoms with Crippen molar-refractivity contribution in [2.75, 3.05) is 11.4 Å². The fourth-order valence-electron chi connectivity index (χ4n) is 1.83. The Morgan fingerprint density at radius 1 is 1.62 bits per heavy atom. The molecule has 0 N–H and O–H groups in total. The Hall–Kier alpha value is -1.22. The second kappa shape index (κ2) is 4.34. The van der Waals surface area contributed by atoms with Crippen molar-refractivity contribution in [2.24, 2.45) is 0 Å². The van der Waals surface area contributed by atoms with E-state index in [-0.39, 0.29) is 12.0 Å². The molecule has 0 aliphatic carbocycles. The molecule has 1 amide bonds. The zero-order valence-corrected chi connectivity index (χ0v) is 10.1. The molecular weight excluding hydrogens is 226 g/mol. The molecule has 0 spiro atoms. The minimum Gasteiger partial charge on any atom is -0.486 e. The molecule has 1 heterocycles. The van der Waals surface area contributed by atoms with E-state index in [2.05, 4.69) is 0 Å². The number of nitrogens with zero attached hydrogens (tertiary/aromatic N) is 1. The summed E-state index contributed by atoms with van der Waals surface area (Å²) in [5.41, 5.74) is 0.768. The molecule has 16 heavy (non-hydrogen) atoms. The van der Waals surface area contributed by atoms with E-state index >= 15 is 0 Å². The van der Waals surface area contributed by atoms with Crippen LogP contribution in [0.5, 0.6) is 5.75 Å². The van der Waals surface area contributed by atoms with Gasteiger partial charge in [-0.2, -0.15) is 0 Å². The first kappa shape index (κ1) is 11.3. The van der Waals surface area contributed by atoms with Crippen LogP contribution in [0.4, 0.5) is 5.69 Å². The van der Waals surface area contributed by atoms with Crippen molar-refractivity contribution >= 4 is 23.2 Å². The standard InChI is InChI=1S/C12H14ClNO2/c1-3-10-7-14(8(2)15)11-6-9(13)4-5-12(11)16-10/h4-6,10H,3,7H2,1-2H3. The fourth-order valence-corrected chi connectivity index (χ4v) is 2.00. The van der Waals surface area contributed by atoms with Gasteiger partial charge in [-0.05, 0) is 24.6 Å². The Balaban J connectivity index is 2.42. The van der Waals surface area contributed by atoms with Crippen molar-refractivity contribution < 1.29 is 9.53 Å². The van der Waals surface area contributed by atoms with E-state index in [0.717, 1.165) is 17.9 Å². The molecule has 3 nitrogen and oxygen atoms in total. The first-order valence-corrected chi connectivity index (χ1v) is 5.74. The summed E-state index contributed by atoms with van der Waals surface area (Å²) in [6.07, 6.45) is 0.948. The molecule has 1 unspecified atom stereocenters. The average molecular weight is 240 g/mol. The Kier molecular flexibility index (Phi) is 3.06. The normalized spacial score (nSPS) is 18.9. The highest BCUT2D eigenvalue weighted by atomic mass is 35.5. The Labute approximate surface area is 100.0 Å². The molecule has 1 aliphatic rings. The topological polar surface area (TPSA) is 29.5 Å². The lowest BCUT2D eigenvalue weighted by molar-refractivity contribution is -0.117. The highest BCUT2D eigenvalue weighted by molar-refractivity contribution is 6.31. The SMILES string of the molecule is CCC1CN(C(C)=O)c2cc(Cl)ccc2O1. The summed E-state index contributed by atoms with van der Waals surface area (Å²) < 4.78 is 5.76. The van der Waals surface area contributed by atoms with E-state index in [0.29, 0.717) is 11.6 Å². The van der Waals surface area contributed by atoms with E-state index in [1.807, 2.05) is 13.0 Å². The summed E-state index contributed by atoms with van der Waals surface area (Å²) in [6, 6.07) is 5.36. The molecular formula is C12H14ClNO2. The zero-order valence-electron chi connectivity index (χ0n) is 9.37. The van der Waals surface area contributed by atoms with Gasteiger partial charge in [-0.25, -0.2) is 0 Å². The van der Waals surface area contributed by atoms with Crippen molar-refractivity contribution in [3.63, 3.8) is 0 Å². The number of hydrogen-bond acceptors (Lipinski definition) is 2. The first-order chi connectivity index (χ1) is 7.61. The zero-order chi connectivity index (χ0) is 11.7. The average Bonchev–Trinajstić information content (AvgIpc) is 2.27. The Morgan fingerprint density at radius 3 is 3.00 bits per heavy atom. The van der Waals surface area contributed by atoms with Crippen LogP contribution >= 0.6 is 11.6 Å². The predicted octanol–water partition coefficient (Wildman–Crippen LogP) is 2.86. The number of benzene rings is 1. The smallest absolute Gasteiger partial charge is 0.224 e. The molecule has 4 heteroatoms. The van der Waals surface area contributed by atoms with Crippen molar-refractivity contribution in [3.05, 3.63) is 23.2 Å². The molecule has 0 radical (unpaired) electrons. The molecule has 0 fully saturated rings. The van der Waals surface area contributed by atoms with Gasteiger partial charge in [0.25, 0.3) is 0 Å². The molecule has 0 saturated carbocycles. The number of amides is 1. The van der Waals surface area contributed by atoms with Crippen molar-refractivity contribution in [1.82, 2.24) is 0 Å². The highest BCUT2D eigenvalue weighted by Gasteiger charge is 2.27. The number of rotatable bonds is 1. The van der Waals surface area contributed by atoms with E-state index in [4.69, 9.17) is 16.3 Å². The van der Waals surface area contributed by atoms with Crippen molar-refractivity contribution in [1.29, 1.82) is 0 Å². The van der Waals surface area contributed by atoms with Crippen molar-refractivity contribution in [2.45, 2.75) is 26.4 Å². The number of halogens is 1. The third-order valence-electron chi connectivity index (χ3n) is 2.73. The van der Waals surface area contributed by atoms with Gasteiger partial charge in [-0.3, -0.25) is 4.79 Å². The molecule has 1 atom stereocenters. The van der Waals surface area contributed by atoms with Gasteiger partial charge in [0.1, 0.15) is 11.9 Å². The van der Waals surface area contributed by atoms with Crippen LogP contribution in [0.1, 0.15) is 20.3 Å². The van der Waals surface area contributed by atoms with Gasteiger partial charge in [0.2, 0.25) is 5.91 Å². The summed E-state index contributed by atoms with van der Waals surface area (Å²) >= 11 is 5.92. The largest absolute Gasteiger partial charge is 0.486 e. The number of fused-ring (bicyclic) bond motifs is 1. The van der Waals surface area contributed by atoms with Gasteiger partial charge in [-0.15, -0.1) is 0 Å². The minimum absolute atomic E-state index is 0.0188. The van der Waals surface area contributed by atoms with Gasteiger partial charge >= 0.3 is 0 Å². The van der Waals surface area contributed by atoms with E-state index in [1.165, 1.54) is 0 Å². The second-order valence-electron chi connectivity index (χ2n) is 3.89. The molecule has 1 aromatic rings. The summed E-state index contributed by atoms with van der Waals surface area (Å²) in [6.45, 7) is 4.20. The number of ether oxygens (including phenoxy) is 1. The maximum atomic E-state index is 11.6. The Bertz CT molecular complexity index is 419. The second-order valence-corrected chi connectivity index (χ2v) is 4.33. The lowest BCUT2D eigenvalue weighted by atomic mass is 10.1. The molecule has 86 valence electrons. The van der Waals surface area contributed by atoms with Crippen LogP contribution in [0.3, 0.4) is 0 Å². The van der Waals surface area contributed by atoms with Crippen LogP contribution < -0.4 is 9.64 Å². The number of hydrogen-bond donors (Lipinski definition) is 0. The Morgan fingerprint density at radius 2 is 2.38 bits per heavy atom. The van der Waals surface area contributed by atoms with Gasteiger partial charge in [0.15, 0.2) is 0 Å². The van der Waals surface area contributed by atoms with Crippen LogP contribution in [-0.4, -0.2) is 18.6 Å². The number of carbonyl (C=O) groups excluding carboxylic acids is 1. The maximum absolute atomic E-state index is 11.6. The molecule has 0 saturated heterocycles. The molecule has 0 bridgehead atoms. The van der Waals surface area contributed by atoms with Crippen molar-refractivity contribution in [3.8, 4) is 5.75 Å². The number of carbonyl (C=O) groups is 1. The molecule has 2 rings (SSSR count). The van der Waals surface area contributed by atoms with Crippen LogP contribution in [0.25, 0.3) is 0 Å². The van der Waals surface area contributed by atoms with Gasteiger partial charge in [0.05, 0.1) is 12.2 Å². The minimum atomic E-state index is 0.0188. The van der Waals surface area contributed by atoms with Gasteiger partial charge in [0, 0.05) is 11.9 Å². The summed E-state index contributed by atoms with van der Waals surface area (Å²) in [5, 5.41) is 0.614. The quantitative estimate of drug-likeness (QED) is 0.754. The third kappa shape index (κ3) is 2.00. The van der Waals surface area contributed by atoms with Crippen LogP contribution in [-0.2, 0) is 4.79 Å². The predicted molar refractivity (Wildman–Crippen MR) is 64.2 cm³/mol. The summed E-state index contributed by atoms with van der Waals surface area (Å²) in [4.78, 5) is 13.3. The monoisotopic (exact) mass is 239 g/mol. The third-order valence-corrected chi connectivity index (χ3v) is 2.96. The van der Waals surface area contributed by atoms with Crippen LogP contribution in [0.15, 0.2) is 18.2 Å². The van der Waals surface area contributed by atoms with E-state index in [9.17, 15) is 4.79 Å². The molecule has 0 aromatic heterocycles. The van der Waals surface area contributed by atoms with Crippen LogP contribution in [0, 0.1) is 0 Å². The number of anilines is 1. The summed E-state index contributed by atoms with van der Waals surface area (Å²) in [7, 11) is 0. The highest BCUT2D eigenvalue weighted by Crippen LogP contribution is 2.36.